The summed E-state index contributed by atoms with van der Waals surface area (Å²) in [7, 11) is -4.20. The van der Waals surface area contributed by atoms with Crippen LogP contribution < -0.4 is 9.62 Å². The van der Waals surface area contributed by atoms with Gasteiger partial charge in [0, 0.05) is 29.6 Å². The number of anilines is 1. The third kappa shape index (κ3) is 8.69. The van der Waals surface area contributed by atoms with Crippen LogP contribution in [-0.4, -0.2) is 44.3 Å². The maximum Gasteiger partial charge on any atom is 0.264 e. The first-order chi connectivity index (χ1) is 21.9. The summed E-state index contributed by atoms with van der Waals surface area (Å²) < 4.78 is 29.7. The Morgan fingerprint density at radius 3 is 2.15 bits per heavy atom. The van der Waals surface area contributed by atoms with Crippen molar-refractivity contribution in [1.82, 2.24) is 10.2 Å². The molecule has 1 N–H and O–H groups in total. The monoisotopic (exact) mass is 679 g/mol. The van der Waals surface area contributed by atoms with E-state index in [0.717, 1.165) is 21.0 Å². The second-order valence-electron chi connectivity index (χ2n) is 11.4. The zero-order chi connectivity index (χ0) is 33.4. The summed E-state index contributed by atoms with van der Waals surface area (Å²) in [6.45, 7) is 7.38. The molecule has 0 unspecified atom stereocenters. The van der Waals surface area contributed by atoms with Crippen LogP contribution in [0.1, 0.15) is 41.2 Å². The van der Waals surface area contributed by atoms with Crippen LogP contribution in [0.15, 0.2) is 95.9 Å². The standard InChI is InChI=1S/C36H39Cl2N3O4S/c1-5-19-39-36(43)34(21-28-9-7-6-8-10-28)40(23-29-14-15-30(37)22-32(29)38)35(42)24-41(33-18-13-26(3)20-27(33)4)46(44,45)31-16-11-25(2)12-17-31/h6-18,20,22,34H,5,19,21,23-24H2,1-4H3,(H,39,43)/t34-/m0/s1. The van der Waals surface area contributed by atoms with Crippen molar-refractivity contribution in [3.8, 4) is 0 Å². The molecule has 0 aliphatic carbocycles. The summed E-state index contributed by atoms with van der Waals surface area (Å²) in [6, 6.07) is 25.3. The predicted octanol–water partition coefficient (Wildman–Crippen LogP) is 7.28. The van der Waals surface area contributed by atoms with E-state index in [2.05, 4.69) is 5.32 Å². The molecule has 0 radical (unpaired) electrons. The highest BCUT2D eigenvalue weighted by Gasteiger charge is 2.35. The zero-order valence-electron chi connectivity index (χ0n) is 26.5. The van der Waals surface area contributed by atoms with Gasteiger partial charge in [-0.3, -0.25) is 13.9 Å². The van der Waals surface area contributed by atoms with Crippen LogP contribution in [0.4, 0.5) is 5.69 Å². The molecule has 0 bridgehead atoms. The van der Waals surface area contributed by atoms with E-state index >= 15 is 0 Å². The van der Waals surface area contributed by atoms with Gasteiger partial charge in [-0.15, -0.1) is 0 Å². The van der Waals surface area contributed by atoms with Crippen LogP contribution >= 0.6 is 23.2 Å². The lowest BCUT2D eigenvalue weighted by Crippen LogP contribution is -2.53. The average Bonchev–Trinajstić information content (AvgIpc) is 3.02. The summed E-state index contributed by atoms with van der Waals surface area (Å²) in [5.41, 5.74) is 4.34. The summed E-state index contributed by atoms with van der Waals surface area (Å²) in [4.78, 5) is 29.9. The van der Waals surface area contributed by atoms with Crippen molar-refractivity contribution in [2.24, 2.45) is 0 Å². The molecule has 4 aromatic carbocycles. The normalized spacial score (nSPS) is 12.0. The molecule has 0 heterocycles. The number of nitrogens with zero attached hydrogens (tertiary/aromatic N) is 2. The molecule has 0 aromatic heterocycles. The van der Waals surface area contributed by atoms with E-state index in [9.17, 15) is 18.0 Å². The first-order valence-corrected chi connectivity index (χ1v) is 17.3. The first-order valence-electron chi connectivity index (χ1n) is 15.1. The number of hydrogen-bond acceptors (Lipinski definition) is 4. The van der Waals surface area contributed by atoms with E-state index in [0.29, 0.717) is 39.8 Å². The third-order valence-electron chi connectivity index (χ3n) is 7.68. The molecule has 0 spiro atoms. The van der Waals surface area contributed by atoms with Gasteiger partial charge in [-0.25, -0.2) is 8.42 Å². The van der Waals surface area contributed by atoms with Crippen molar-refractivity contribution in [3.05, 3.63) is 129 Å². The largest absolute Gasteiger partial charge is 0.354 e. The van der Waals surface area contributed by atoms with Gasteiger partial charge in [0.2, 0.25) is 11.8 Å². The van der Waals surface area contributed by atoms with Gasteiger partial charge >= 0.3 is 0 Å². The fourth-order valence-electron chi connectivity index (χ4n) is 5.19. The topological polar surface area (TPSA) is 86.8 Å². The number of nitrogens with one attached hydrogen (secondary N) is 1. The Morgan fingerprint density at radius 1 is 0.848 bits per heavy atom. The lowest BCUT2D eigenvalue weighted by molar-refractivity contribution is -0.140. The van der Waals surface area contributed by atoms with Crippen molar-refractivity contribution in [3.63, 3.8) is 0 Å². The number of benzene rings is 4. The van der Waals surface area contributed by atoms with Gasteiger partial charge in [-0.05, 0) is 74.2 Å². The van der Waals surface area contributed by atoms with E-state index in [-0.39, 0.29) is 23.8 Å². The van der Waals surface area contributed by atoms with Crippen molar-refractivity contribution in [2.75, 3.05) is 17.4 Å². The van der Waals surface area contributed by atoms with Gasteiger partial charge in [0.1, 0.15) is 12.6 Å². The van der Waals surface area contributed by atoms with E-state index in [1.807, 2.05) is 70.2 Å². The van der Waals surface area contributed by atoms with Gasteiger partial charge < -0.3 is 10.2 Å². The number of carbonyl (C=O) groups excluding carboxylic acids is 2. The molecule has 46 heavy (non-hydrogen) atoms. The molecule has 10 heteroatoms. The Balaban J connectivity index is 1.84. The lowest BCUT2D eigenvalue weighted by Gasteiger charge is -2.34. The van der Waals surface area contributed by atoms with Crippen molar-refractivity contribution in [1.29, 1.82) is 0 Å². The minimum Gasteiger partial charge on any atom is -0.354 e. The second-order valence-corrected chi connectivity index (χ2v) is 14.1. The number of amides is 2. The maximum absolute atomic E-state index is 14.6. The fourth-order valence-corrected chi connectivity index (χ4v) is 7.14. The Hall–Kier alpha value is -3.85. The molecule has 2 amide bonds. The van der Waals surface area contributed by atoms with Gasteiger partial charge in [0.15, 0.2) is 0 Å². The lowest BCUT2D eigenvalue weighted by atomic mass is 10.0. The molecule has 0 saturated carbocycles. The summed E-state index contributed by atoms with van der Waals surface area (Å²) in [5, 5.41) is 3.70. The van der Waals surface area contributed by atoms with Crippen molar-refractivity contribution in [2.45, 2.75) is 58.0 Å². The summed E-state index contributed by atoms with van der Waals surface area (Å²) in [6.07, 6.45) is 0.914. The smallest absolute Gasteiger partial charge is 0.264 e. The predicted molar refractivity (Wildman–Crippen MR) is 186 cm³/mol. The number of aryl methyl sites for hydroxylation is 3. The minimum absolute atomic E-state index is 0.0445. The second kappa shape index (κ2) is 15.6. The number of halogens is 2. The molecule has 1 atom stereocenters. The fraction of sp³-hybridized carbons (Fsp3) is 0.278. The zero-order valence-corrected chi connectivity index (χ0v) is 28.8. The molecule has 0 aliphatic rings. The van der Waals surface area contributed by atoms with Crippen LogP contribution in [0.5, 0.6) is 0 Å². The number of hydrogen-bond donors (Lipinski definition) is 1. The third-order valence-corrected chi connectivity index (χ3v) is 10.0. The van der Waals surface area contributed by atoms with Gasteiger partial charge in [-0.2, -0.15) is 0 Å². The van der Waals surface area contributed by atoms with E-state index in [4.69, 9.17) is 23.2 Å². The Morgan fingerprint density at radius 2 is 1.52 bits per heavy atom. The van der Waals surface area contributed by atoms with Gasteiger partial charge in [-0.1, -0.05) is 102 Å². The summed E-state index contributed by atoms with van der Waals surface area (Å²) in [5.74, 6) is -0.905. The van der Waals surface area contributed by atoms with Gasteiger partial charge in [0.05, 0.1) is 10.6 Å². The maximum atomic E-state index is 14.6. The molecule has 4 aromatic rings. The Labute approximate surface area is 282 Å². The quantitative estimate of drug-likeness (QED) is 0.161. The Bertz CT molecular complexity index is 1780. The van der Waals surface area contributed by atoms with Gasteiger partial charge in [0.25, 0.3) is 10.0 Å². The van der Waals surface area contributed by atoms with E-state index in [1.54, 1.807) is 36.4 Å². The molecule has 242 valence electrons. The highest BCUT2D eigenvalue weighted by atomic mass is 35.5. The van der Waals surface area contributed by atoms with Crippen molar-refractivity contribution >= 4 is 50.7 Å². The number of carbonyl (C=O) groups is 2. The molecule has 0 saturated heterocycles. The van der Waals surface area contributed by atoms with Crippen LogP contribution in [0.2, 0.25) is 10.0 Å². The first kappa shape index (κ1) is 35.0. The molecule has 7 nitrogen and oxygen atoms in total. The highest BCUT2D eigenvalue weighted by Crippen LogP contribution is 2.29. The van der Waals surface area contributed by atoms with E-state index < -0.39 is 28.5 Å². The number of rotatable bonds is 13. The highest BCUT2D eigenvalue weighted by molar-refractivity contribution is 7.92. The Kier molecular flexibility index (Phi) is 11.9. The SMILES string of the molecule is CCCNC(=O)[C@H](Cc1ccccc1)N(Cc1ccc(Cl)cc1Cl)C(=O)CN(c1ccc(C)cc1C)S(=O)(=O)c1ccc(C)cc1. The average molecular weight is 681 g/mol. The molecule has 0 aliphatic heterocycles. The molecular weight excluding hydrogens is 641 g/mol. The van der Waals surface area contributed by atoms with E-state index in [1.165, 1.54) is 17.0 Å². The molecule has 4 rings (SSSR count). The van der Waals surface area contributed by atoms with Crippen LogP contribution in [0, 0.1) is 20.8 Å². The van der Waals surface area contributed by atoms with Crippen LogP contribution in [0.3, 0.4) is 0 Å². The van der Waals surface area contributed by atoms with Crippen LogP contribution in [0.25, 0.3) is 0 Å². The summed E-state index contributed by atoms with van der Waals surface area (Å²) >= 11 is 12.8. The molecule has 0 fully saturated rings. The molecular formula is C36H39Cl2N3O4S. The van der Waals surface area contributed by atoms with Crippen molar-refractivity contribution < 1.29 is 18.0 Å². The van der Waals surface area contributed by atoms with Crippen LogP contribution in [-0.2, 0) is 32.6 Å². The number of sulfonamides is 1. The minimum atomic E-state index is -4.20.